The maximum Gasteiger partial charge on any atom is 0.234 e. The quantitative estimate of drug-likeness (QED) is 0.567. The van der Waals surface area contributed by atoms with Crippen LogP contribution in [-0.4, -0.2) is 33.5 Å². The molecule has 0 atom stereocenters. The second kappa shape index (κ2) is 9.27. The number of ether oxygens (including phenoxy) is 1. The molecule has 0 radical (unpaired) electrons. The SMILES string of the molecule is COc1ccccc1NC(=O)CSc1nnc(CNc2ccc(C)cc2)n1C. The van der Waals surface area contributed by atoms with E-state index in [0.29, 0.717) is 23.1 Å². The molecule has 0 spiro atoms. The number of benzene rings is 2. The number of anilines is 2. The molecule has 7 nitrogen and oxygen atoms in total. The van der Waals surface area contributed by atoms with Crippen LogP contribution in [0.4, 0.5) is 11.4 Å². The van der Waals surface area contributed by atoms with Crippen LogP contribution in [0.1, 0.15) is 11.4 Å². The fourth-order valence-electron chi connectivity index (χ4n) is 2.54. The Morgan fingerprint density at radius 1 is 1.14 bits per heavy atom. The Bertz CT molecular complexity index is 940. The van der Waals surface area contributed by atoms with Crippen LogP contribution in [0.2, 0.25) is 0 Å². The van der Waals surface area contributed by atoms with Gasteiger partial charge in [0, 0.05) is 12.7 Å². The second-order valence-electron chi connectivity index (χ2n) is 6.21. The van der Waals surface area contributed by atoms with E-state index in [1.54, 1.807) is 19.2 Å². The smallest absolute Gasteiger partial charge is 0.234 e. The molecule has 1 aromatic heterocycles. The van der Waals surface area contributed by atoms with Gasteiger partial charge in [0.15, 0.2) is 11.0 Å². The summed E-state index contributed by atoms with van der Waals surface area (Å²) >= 11 is 1.34. The summed E-state index contributed by atoms with van der Waals surface area (Å²) in [6.45, 7) is 2.61. The largest absolute Gasteiger partial charge is 0.495 e. The van der Waals surface area contributed by atoms with Crippen LogP contribution in [0, 0.1) is 6.92 Å². The fraction of sp³-hybridized carbons (Fsp3) is 0.250. The maximum atomic E-state index is 12.3. The molecule has 8 heteroatoms. The minimum absolute atomic E-state index is 0.128. The first-order valence-corrected chi connectivity index (χ1v) is 9.80. The number of methoxy groups -OCH3 is 1. The van der Waals surface area contributed by atoms with E-state index in [9.17, 15) is 4.79 Å². The van der Waals surface area contributed by atoms with Crippen LogP contribution in [0.3, 0.4) is 0 Å². The summed E-state index contributed by atoms with van der Waals surface area (Å²) in [5.74, 6) is 1.53. The molecule has 146 valence electrons. The Labute approximate surface area is 168 Å². The van der Waals surface area contributed by atoms with E-state index in [4.69, 9.17) is 4.74 Å². The molecule has 28 heavy (non-hydrogen) atoms. The van der Waals surface area contributed by atoms with Crippen LogP contribution >= 0.6 is 11.8 Å². The lowest BCUT2D eigenvalue weighted by molar-refractivity contribution is -0.113. The number of amides is 1. The number of para-hydroxylation sites is 2. The summed E-state index contributed by atoms with van der Waals surface area (Å²) in [7, 11) is 3.47. The lowest BCUT2D eigenvalue weighted by atomic mass is 10.2. The van der Waals surface area contributed by atoms with Crippen molar-refractivity contribution in [2.45, 2.75) is 18.6 Å². The Morgan fingerprint density at radius 2 is 1.89 bits per heavy atom. The highest BCUT2D eigenvalue weighted by Crippen LogP contribution is 2.24. The van der Waals surface area contributed by atoms with Crippen molar-refractivity contribution in [2.75, 3.05) is 23.5 Å². The molecule has 0 bridgehead atoms. The number of nitrogens with one attached hydrogen (secondary N) is 2. The summed E-state index contributed by atoms with van der Waals surface area (Å²) in [6.07, 6.45) is 0. The number of aryl methyl sites for hydroxylation is 1. The number of rotatable bonds is 8. The van der Waals surface area contributed by atoms with Gasteiger partial charge in [-0.2, -0.15) is 0 Å². The number of carbonyl (C=O) groups is 1. The standard InChI is InChI=1S/C20H23N5O2S/c1-14-8-10-15(11-9-14)21-12-18-23-24-20(25(18)2)28-13-19(26)22-16-6-4-5-7-17(16)27-3/h4-11,21H,12-13H2,1-3H3,(H,22,26). The number of thioether (sulfide) groups is 1. The van der Waals surface area contributed by atoms with Crippen molar-refractivity contribution in [1.29, 1.82) is 0 Å². The highest BCUT2D eigenvalue weighted by atomic mass is 32.2. The molecule has 3 rings (SSSR count). The normalized spacial score (nSPS) is 10.5. The monoisotopic (exact) mass is 397 g/mol. The molecule has 1 amide bonds. The average Bonchev–Trinajstić information content (AvgIpc) is 3.06. The molecular weight excluding hydrogens is 374 g/mol. The van der Waals surface area contributed by atoms with Crippen LogP contribution in [0.5, 0.6) is 5.75 Å². The highest BCUT2D eigenvalue weighted by Gasteiger charge is 2.12. The molecule has 0 saturated carbocycles. The molecule has 0 unspecified atom stereocenters. The summed E-state index contributed by atoms with van der Waals surface area (Å²) < 4.78 is 7.14. The van der Waals surface area contributed by atoms with Gasteiger partial charge in [0.25, 0.3) is 0 Å². The zero-order valence-corrected chi connectivity index (χ0v) is 16.9. The molecule has 2 N–H and O–H groups in total. The van der Waals surface area contributed by atoms with Crippen molar-refractivity contribution in [3.05, 3.63) is 59.9 Å². The van der Waals surface area contributed by atoms with Gasteiger partial charge in [-0.3, -0.25) is 4.79 Å². The van der Waals surface area contributed by atoms with Gasteiger partial charge in [0.05, 0.1) is 25.1 Å². The van der Waals surface area contributed by atoms with Crippen LogP contribution in [0.15, 0.2) is 53.7 Å². The zero-order valence-electron chi connectivity index (χ0n) is 16.1. The summed E-state index contributed by atoms with van der Waals surface area (Å²) in [4.78, 5) is 12.3. The number of nitrogens with zero attached hydrogens (tertiary/aromatic N) is 3. The van der Waals surface area contributed by atoms with Crippen LogP contribution in [0.25, 0.3) is 0 Å². The average molecular weight is 398 g/mol. The van der Waals surface area contributed by atoms with Crippen molar-refractivity contribution in [3.63, 3.8) is 0 Å². The highest BCUT2D eigenvalue weighted by molar-refractivity contribution is 7.99. The number of hydrogen-bond donors (Lipinski definition) is 2. The molecule has 0 fully saturated rings. The van der Waals surface area contributed by atoms with Crippen LogP contribution in [-0.2, 0) is 18.4 Å². The molecule has 0 aliphatic rings. The van der Waals surface area contributed by atoms with Gasteiger partial charge in [0.2, 0.25) is 5.91 Å². The Hall–Kier alpha value is -3.00. The molecule has 1 heterocycles. The Balaban J connectivity index is 1.53. The molecule has 0 aliphatic heterocycles. The van der Waals surface area contributed by atoms with Gasteiger partial charge in [-0.05, 0) is 31.2 Å². The van der Waals surface area contributed by atoms with Gasteiger partial charge in [-0.15, -0.1) is 10.2 Å². The lowest BCUT2D eigenvalue weighted by Gasteiger charge is -2.09. The van der Waals surface area contributed by atoms with E-state index >= 15 is 0 Å². The van der Waals surface area contributed by atoms with E-state index in [1.165, 1.54) is 17.3 Å². The fourth-order valence-corrected chi connectivity index (χ4v) is 3.27. The number of aromatic nitrogens is 3. The number of hydrogen-bond acceptors (Lipinski definition) is 6. The number of carbonyl (C=O) groups excluding carboxylic acids is 1. The Kier molecular flexibility index (Phi) is 6.54. The van der Waals surface area contributed by atoms with E-state index < -0.39 is 0 Å². The third-order valence-corrected chi connectivity index (χ3v) is 5.16. The van der Waals surface area contributed by atoms with Crippen LogP contribution < -0.4 is 15.4 Å². The van der Waals surface area contributed by atoms with E-state index in [0.717, 1.165) is 11.5 Å². The minimum Gasteiger partial charge on any atom is -0.495 e. The molecule has 0 aliphatic carbocycles. The first-order chi connectivity index (χ1) is 13.6. The third kappa shape index (κ3) is 5.04. The van der Waals surface area contributed by atoms with Crippen molar-refractivity contribution in [3.8, 4) is 5.75 Å². The maximum absolute atomic E-state index is 12.3. The topological polar surface area (TPSA) is 81.1 Å². The Morgan fingerprint density at radius 3 is 2.64 bits per heavy atom. The predicted octanol–water partition coefficient (Wildman–Crippen LogP) is 3.48. The van der Waals surface area contributed by atoms with Gasteiger partial charge >= 0.3 is 0 Å². The molecule has 0 saturated heterocycles. The summed E-state index contributed by atoms with van der Waals surface area (Å²) in [5.41, 5.74) is 2.89. The van der Waals surface area contributed by atoms with Crippen molar-refractivity contribution in [1.82, 2.24) is 14.8 Å². The molecule has 3 aromatic rings. The van der Waals surface area contributed by atoms with Gasteiger partial charge in [-0.25, -0.2) is 0 Å². The lowest BCUT2D eigenvalue weighted by Crippen LogP contribution is -2.15. The van der Waals surface area contributed by atoms with E-state index in [1.807, 2.05) is 35.9 Å². The van der Waals surface area contributed by atoms with Crippen molar-refractivity contribution in [2.24, 2.45) is 7.05 Å². The summed E-state index contributed by atoms with van der Waals surface area (Å²) in [5, 5.41) is 15.3. The van der Waals surface area contributed by atoms with Crippen molar-refractivity contribution >= 4 is 29.0 Å². The predicted molar refractivity (Wildman–Crippen MR) is 112 cm³/mol. The van der Waals surface area contributed by atoms with Gasteiger partial charge in [-0.1, -0.05) is 41.6 Å². The van der Waals surface area contributed by atoms with Crippen molar-refractivity contribution < 1.29 is 9.53 Å². The van der Waals surface area contributed by atoms with E-state index in [-0.39, 0.29) is 11.7 Å². The molecule has 2 aromatic carbocycles. The zero-order chi connectivity index (χ0) is 19.9. The van der Waals surface area contributed by atoms with E-state index in [2.05, 4.69) is 39.9 Å². The third-order valence-electron chi connectivity index (χ3n) is 4.14. The summed E-state index contributed by atoms with van der Waals surface area (Å²) in [6, 6.07) is 15.5. The van der Waals surface area contributed by atoms with Gasteiger partial charge < -0.3 is 19.9 Å². The van der Waals surface area contributed by atoms with Gasteiger partial charge in [0.1, 0.15) is 5.75 Å². The molecular formula is C20H23N5O2S. The first kappa shape index (κ1) is 19.8. The first-order valence-electron chi connectivity index (χ1n) is 8.81. The second-order valence-corrected chi connectivity index (χ2v) is 7.16. The minimum atomic E-state index is -0.128.